The Morgan fingerprint density at radius 1 is 1.53 bits per heavy atom. The van der Waals surface area contributed by atoms with Crippen molar-refractivity contribution in [3.8, 4) is 0 Å². The van der Waals surface area contributed by atoms with Crippen LogP contribution >= 0.6 is 0 Å². The lowest BCUT2D eigenvalue weighted by molar-refractivity contribution is 0.0693. The van der Waals surface area contributed by atoms with Crippen LogP contribution in [0.5, 0.6) is 0 Å². The fraction of sp³-hybridized carbons (Fsp3) is 1.00. The van der Waals surface area contributed by atoms with Gasteiger partial charge >= 0.3 is 0 Å². The van der Waals surface area contributed by atoms with Gasteiger partial charge in [-0.05, 0) is 38.5 Å². The van der Waals surface area contributed by atoms with Crippen LogP contribution in [-0.2, 0) is 9.47 Å². The third-order valence-corrected chi connectivity index (χ3v) is 3.27. The van der Waals surface area contributed by atoms with E-state index in [2.05, 4.69) is 6.92 Å². The minimum atomic E-state index is 0.182. The van der Waals surface area contributed by atoms with E-state index in [0.717, 1.165) is 32.3 Å². The number of hydrogen-bond acceptors (Lipinski definition) is 3. The lowest BCUT2D eigenvalue weighted by atomic mass is 10.0. The predicted molar refractivity (Wildman–Crippen MR) is 61.9 cm³/mol. The lowest BCUT2D eigenvalue weighted by Crippen LogP contribution is -2.35. The van der Waals surface area contributed by atoms with Gasteiger partial charge in [0.1, 0.15) is 0 Å². The van der Waals surface area contributed by atoms with Crippen LogP contribution < -0.4 is 5.73 Å². The van der Waals surface area contributed by atoms with Crippen LogP contribution in [0.3, 0.4) is 0 Å². The maximum Gasteiger partial charge on any atom is 0.0719 e. The Hall–Kier alpha value is -0.120. The van der Waals surface area contributed by atoms with E-state index < -0.39 is 0 Å². The van der Waals surface area contributed by atoms with Gasteiger partial charge in [0.25, 0.3) is 0 Å². The van der Waals surface area contributed by atoms with Crippen molar-refractivity contribution in [3.63, 3.8) is 0 Å². The molecule has 3 atom stereocenters. The maximum absolute atomic E-state index is 6.06. The SMILES string of the molecule is CCC(OC)C(N)CCCC1CCCO1. The van der Waals surface area contributed by atoms with Crippen LogP contribution in [0.15, 0.2) is 0 Å². The molecular formula is C12H25NO2. The second-order valence-corrected chi connectivity index (χ2v) is 4.41. The molecule has 3 heteroatoms. The molecule has 0 bridgehead atoms. The standard InChI is InChI=1S/C12H25NO2/c1-3-12(14-2)11(13)8-4-6-10-7-5-9-15-10/h10-12H,3-9,13H2,1-2H3. The van der Waals surface area contributed by atoms with Gasteiger partial charge < -0.3 is 15.2 Å². The number of rotatable bonds is 7. The minimum Gasteiger partial charge on any atom is -0.380 e. The summed E-state index contributed by atoms with van der Waals surface area (Å²) in [6.45, 7) is 3.07. The monoisotopic (exact) mass is 215 g/mol. The Balaban J connectivity index is 2.07. The fourth-order valence-corrected chi connectivity index (χ4v) is 2.28. The topological polar surface area (TPSA) is 44.5 Å². The van der Waals surface area contributed by atoms with Crippen molar-refractivity contribution in [2.45, 2.75) is 63.7 Å². The molecule has 0 amide bonds. The highest BCUT2D eigenvalue weighted by Crippen LogP contribution is 2.18. The van der Waals surface area contributed by atoms with E-state index in [0.29, 0.717) is 6.10 Å². The van der Waals surface area contributed by atoms with Gasteiger partial charge in [0.2, 0.25) is 0 Å². The van der Waals surface area contributed by atoms with Crippen LogP contribution in [0, 0.1) is 0 Å². The number of ether oxygens (including phenoxy) is 2. The molecule has 0 aromatic heterocycles. The Kier molecular flexibility index (Phi) is 6.22. The Labute approximate surface area is 93.3 Å². The Bertz CT molecular complexity index is 154. The third kappa shape index (κ3) is 4.49. The van der Waals surface area contributed by atoms with E-state index in [1.165, 1.54) is 12.8 Å². The van der Waals surface area contributed by atoms with E-state index in [-0.39, 0.29) is 12.1 Å². The third-order valence-electron chi connectivity index (χ3n) is 3.27. The smallest absolute Gasteiger partial charge is 0.0719 e. The van der Waals surface area contributed by atoms with Gasteiger partial charge in [-0.25, -0.2) is 0 Å². The summed E-state index contributed by atoms with van der Waals surface area (Å²) in [4.78, 5) is 0. The first-order valence-electron chi connectivity index (χ1n) is 6.18. The number of nitrogens with two attached hydrogens (primary N) is 1. The predicted octanol–water partition coefficient (Wildman–Crippen LogP) is 2.09. The molecule has 0 aromatic rings. The zero-order valence-electron chi connectivity index (χ0n) is 10.1. The first-order valence-corrected chi connectivity index (χ1v) is 6.18. The van der Waals surface area contributed by atoms with Gasteiger partial charge in [-0.3, -0.25) is 0 Å². The molecule has 15 heavy (non-hydrogen) atoms. The first-order chi connectivity index (χ1) is 7.27. The largest absolute Gasteiger partial charge is 0.380 e. The quantitative estimate of drug-likeness (QED) is 0.707. The number of methoxy groups -OCH3 is 1. The van der Waals surface area contributed by atoms with Gasteiger partial charge in [0, 0.05) is 19.8 Å². The van der Waals surface area contributed by atoms with E-state index in [9.17, 15) is 0 Å². The van der Waals surface area contributed by atoms with Crippen LogP contribution in [0.4, 0.5) is 0 Å². The molecule has 1 aliphatic rings. The van der Waals surface area contributed by atoms with Gasteiger partial charge in [0.15, 0.2) is 0 Å². The molecule has 3 unspecified atom stereocenters. The maximum atomic E-state index is 6.06. The van der Waals surface area contributed by atoms with Crippen molar-refractivity contribution in [3.05, 3.63) is 0 Å². The average Bonchev–Trinajstić information content (AvgIpc) is 2.72. The molecule has 1 fully saturated rings. The summed E-state index contributed by atoms with van der Waals surface area (Å²) >= 11 is 0. The van der Waals surface area contributed by atoms with Gasteiger partial charge in [-0.15, -0.1) is 0 Å². The van der Waals surface area contributed by atoms with Gasteiger partial charge in [-0.2, -0.15) is 0 Å². The van der Waals surface area contributed by atoms with Crippen LogP contribution in [-0.4, -0.2) is 32.0 Å². The summed E-state index contributed by atoms with van der Waals surface area (Å²) < 4.78 is 10.9. The Morgan fingerprint density at radius 2 is 2.33 bits per heavy atom. The zero-order valence-corrected chi connectivity index (χ0v) is 10.1. The van der Waals surface area contributed by atoms with Crippen molar-refractivity contribution in [2.24, 2.45) is 5.73 Å². The molecule has 1 aliphatic heterocycles. The molecule has 90 valence electrons. The van der Waals surface area contributed by atoms with Gasteiger partial charge in [0.05, 0.1) is 12.2 Å². The van der Waals surface area contributed by atoms with E-state index >= 15 is 0 Å². The molecule has 0 spiro atoms. The fourth-order valence-electron chi connectivity index (χ4n) is 2.28. The summed E-state index contributed by atoms with van der Waals surface area (Å²) in [5.41, 5.74) is 6.06. The molecular weight excluding hydrogens is 190 g/mol. The summed E-state index contributed by atoms with van der Waals surface area (Å²) in [6, 6.07) is 0.182. The van der Waals surface area contributed by atoms with Crippen molar-refractivity contribution < 1.29 is 9.47 Å². The van der Waals surface area contributed by atoms with Crippen LogP contribution in [0.2, 0.25) is 0 Å². The van der Waals surface area contributed by atoms with Gasteiger partial charge in [-0.1, -0.05) is 6.92 Å². The highest BCUT2D eigenvalue weighted by atomic mass is 16.5. The molecule has 0 aromatic carbocycles. The summed E-state index contributed by atoms with van der Waals surface area (Å²) in [5, 5.41) is 0. The lowest BCUT2D eigenvalue weighted by Gasteiger charge is -2.21. The normalized spacial score (nSPS) is 25.4. The van der Waals surface area contributed by atoms with Crippen molar-refractivity contribution in [1.29, 1.82) is 0 Å². The zero-order chi connectivity index (χ0) is 11.1. The average molecular weight is 215 g/mol. The molecule has 1 rings (SSSR count). The van der Waals surface area contributed by atoms with E-state index in [4.69, 9.17) is 15.2 Å². The van der Waals surface area contributed by atoms with Crippen LogP contribution in [0.1, 0.15) is 45.4 Å². The van der Waals surface area contributed by atoms with E-state index in [1.807, 2.05) is 0 Å². The highest BCUT2D eigenvalue weighted by Gasteiger charge is 2.18. The second kappa shape index (κ2) is 7.20. The molecule has 2 N–H and O–H groups in total. The van der Waals surface area contributed by atoms with Crippen LogP contribution in [0.25, 0.3) is 0 Å². The molecule has 3 nitrogen and oxygen atoms in total. The molecule has 0 saturated carbocycles. The minimum absolute atomic E-state index is 0.182. The summed E-state index contributed by atoms with van der Waals surface area (Å²) in [5.74, 6) is 0. The second-order valence-electron chi connectivity index (χ2n) is 4.41. The molecule has 0 radical (unpaired) electrons. The summed E-state index contributed by atoms with van der Waals surface area (Å²) in [7, 11) is 1.74. The van der Waals surface area contributed by atoms with E-state index in [1.54, 1.807) is 7.11 Å². The molecule has 1 heterocycles. The molecule has 0 aliphatic carbocycles. The van der Waals surface area contributed by atoms with Crippen molar-refractivity contribution >= 4 is 0 Å². The summed E-state index contributed by atoms with van der Waals surface area (Å²) in [6.07, 6.45) is 7.54. The van der Waals surface area contributed by atoms with Crippen molar-refractivity contribution in [2.75, 3.05) is 13.7 Å². The first kappa shape index (κ1) is 12.9. The highest BCUT2D eigenvalue weighted by molar-refractivity contribution is 4.73. The molecule has 1 saturated heterocycles. The number of hydrogen-bond donors (Lipinski definition) is 1. The van der Waals surface area contributed by atoms with Crippen molar-refractivity contribution in [1.82, 2.24) is 0 Å². The Morgan fingerprint density at radius 3 is 2.87 bits per heavy atom.